The van der Waals surface area contributed by atoms with Gasteiger partial charge < -0.3 is 4.90 Å². The highest BCUT2D eigenvalue weighted by atomic mass is 16.2. The highest BCUT2D eigenvalue weighted by molar-refractivity contribution is 5.86. The second kappa shape index (κ2) is 4.45. The maximum Gasteiger partial charge on any atom is 0.219 e. The summed E-state index contributed by atoms with van der Waals surface area (Å²) in [5.74, 6) is 0.186. The molecule has 0 radical (unpaired) electrons. The van der Waals surface area contributed by atoms with E-state index >= 15 is 0 Å². The van der Waals surface area contributed by atoms with Gasteiger partial charge in [0.05, 0.1) is 6.04 Å². The van der Waals surface area contributed by atoms with Crippen molar-refractivity contribution < 1.29 is 4.79 Å². The first kappa shape index (κ1) is 11.3. The van der Waals surface area contributed by atoms with E-state index in [0.29, 0.717) is 0 Å². The Hall–Kier alpha value is -1.83. The van der Waals surface area contributed by atoms with Crippen LogP contribution in [0.2, 0.25) is 0 Å². The Morgan fingerprint density at radius 1 is 1.17 bits per heavy atom. The van der Waals surface area contributed by atoms with Gasteiger partial charge in [-0.15, -0.1) is 0 Å². The molecule has 1 unspecified atom stereocenters. The van der Waals surface area contributed by atoms with Crippen LogP contribution in [0.3, 0.4) is 0 Å². The standard InChI is InChI=1S/C16H17NO/c1-12(18)17-11-5-10-16(17)15-9-4-7-13-6-2-3-8-14(13)15/h2-4,6-9,16H,5,10-11H2,1H3. The molecule has 92 valence electrons. The van der Waals surface area contributed by atoms with Crippen LogP contribution in [0.1, 0.15) is 31.4 Å². The summed E-state index contributed by atoms with van der Waals surface area (Å²) in [5.41, 5.74) is 1.29. The molecule has 1 amide bonds. The van der Waals surface area contributed by atoms with Gasteiger partial charge >= 0.3 is 0 Å². The van der Waals surface area contributed by atoms with E-state index in [1.54, 1.807) is 6.92 Å². The fourth-order valence-electron chi connectivity index (χ4n) is 3.01. The van der Waals surface area contributed by atoms with Crippen LogP contribution in [0.4, 0.5) is 0 Å². The van der Waals surface area contributed by atoms with Gasteiger partial charge in [-0.3, -0.25) is 4.79 Å². The molecule has 1 aliphatic heterocycles. The van der Waals surface area contributed by atoms with Crippen molar-refractivity contribution in [2.75, 3.05) is 6.54 Å². The van der Waals surface area contributed by atoms with Gasteiger partial charge in [-0.05, 0) is 29.2 Å². The molecule has 0 aromatic heterocycles. The maximum absolute atomic E-state index is 11.7. The van der Waals surface area contributed by atoms with Crippen LogP contribution >= 0.6 is 0 Å². The Kier molecular flexibility index (Phi) is 2.78. The highest BCUT2D eigenvalue weighted by Gasteiger charge is 2.28. The Balaban J connectivity index is 2.11. The van der Waals surface area contributed by atoms with E-state index in [-0.39, 0.29) is 11.9 Å². The molecule has 1 aliphatic rings. The largest absolute Gasteiger partial charge is 0.336 e. The summed E-state index contributed by atoms with van der Waals surface area (Å²) >= 11 is 0. The van der Waals surface area contributed by atoms with Gasteiger partial charge in [-0.25, -0.2) is 0 Å². The highest BCUT2D eigenvalue weighted by Crippen LogP contribution is 2.35. The first-order chi connectivity index (χ1) is 8.77. The average Bonchev–Trinajstić information content (AvgIpc) is 2.87. The van der Waals surface area contributed by atoms with E-state index in [4.69, 9.17) is 0 Å². The van der Waals surface area contributed by atoms with Crippen molar-refractivity contribution in [3.05, 3.63) is 48.0 Å². The lowest BCUT2D eigenvalue weighted by Gasteiger charge is -2.24. The van der Waals surface area contributed by atoms with Crippen LogP contribution in [0, 0.1) is 0 Å². The van der Waals surface area contributed by atoms with E-state index < -0.39 is 0 Å². The fraction of sp³-hybridized carbons (Fsp3) is 0.312. The smallest absolute Gasteiger partial charge is 0.219 e. The van der Waals surface area contributed by atoms with Gasteiger partial charge in [0, 0.05) is 13.5 Å². The topological polar surface area (TPSA) is 20.3 Å². The molecule has 0 spiro atoms. The van der Waals surface area contributed by atoms with Crippen molar-refractivity contribution >= 4 is 16.7 Å². The zero-order valence-electron chi connectivity index (χ0n) is 10.6. The van der Waals surface area contributed by atoms with E-state index in [1.165, 1.54) is 16.3 Å². The monoisotopic (exact) mass is 239 g/mol. The molecule has 1 heterocycles. The Morgan fingerprint density at radius 3 is 2.78 bits per heavy atom. The predicted molar refractivity (Wildman–Crippen MR) is 73.3 cm³/mol. The minimum Gasteiger partial charge on any atom is -0.336 e. The van der Waals surface area contributed by atoms with Gasteiger partial charge in [-0.2, -0.15) is 0 Å². The molecule has 0 N–H and O–H groups in total. The van der Waals surface area contributed by atoms with Gasteiger partial charge in [0.15, 0.2) is 0 Å². The number of hydrogen-bond acceptors (Lipinski definition) is 1. The van der Waals surface area contributed by atoms with Gasteiger partial charge in [-0.1, -0.05) is 42.5 Å². The predicted octanol–water partition coefficient (Wildman–Crippen LogP) is 3.52. The summed E-state index contributed by atoms with van der Waals surface area (Å²) < 4.78 is 0. The van der Waals surface area contributed by atoms with Gasteiger partial charge in [0.25, 0.3) is 0 Å². The lowest BCUT2D eigenvalue weighted by Crippen LogP contribution is -2.28. The zero-order valence-corrected chi connectivity index (χ0v) is 10.6. The SMILES string of the molecule is CC(=O)N1CCCC1c1cccc2ccccc12. The van der Waals surface area contributed by atoms with Crippen molar-refractivity contribution in [1.82, 2.24) is 4.90 Å². The van der Waals surface area contributed by atoms with Crippen LogP contribution < -0.4 is 0 Å². The molecule has 2 aromatic carbocycles. The molecular formula is C16H17NO. The first-order valence-corrected chi connectivity index (χ1v) is 6.52. The molecule has 1 fully saturated rings. The number of likely N-dealkylation sites (tertiary alicyclic amines) is 1. The van der Waals surface area contributed by atoms with Crippen LogP contribution in [0.5, 0.6) is 0 Å². The van der Waals surface area contributed by atoms with Crippen molar-refractivity contribution in [3.8, 4) is 0 Å². The summed E-state index contributed by atoms with van der Waals surface area (Å²) in [5, 5.41) is 2.53. The Labute approximate surface area is 107 Å². The number of nitrogens with zero attached hydrogens (tertiary/aromatic N) is 1. The number of benzene rings is 2. The quantitative estimate of drug-likeness (QED) is 0.745. The summed E-state index contributed by atoms with van der Waals surface area (Å²) in [4.78, 5) is 13.7. The molecular weight excluding hydrogens is 222 g/mol. The average molecular weight is 239 g/mol. The molecule has 1 saturated heterocycles. The Bertz CT molecular complexity index is 585. The van der Waals surface area contributed by atoms with Crippen molar-refractivity contribution in [1.29, 1.82) is 0 Å². The third-order valence-corrected chi connectivity index (χ3v) is 3.84. The number of amides is 1. The van der Waals surface area contributed by atoms with Crippen LogP contribution in [-0.4, -0.2) is 17.4 Å². The third-order valence-electron chi connectivity index (χ3n) is 3.84. The van der Waals surface area contributed by atoms with Crippen molar-refractivity contribution in [2.45, 2.75) is 25.8 Å². The summed E-state index contributed by atoms with van der Waals surface area (Å²) in [6.45, 7) is 2.56. The second-order valence-corrected chi connectivity index (χ2v) is 4.94. The fourth-order valence-corrected chi connectivity index (χ4v) is 3.01. The number of fused-ring (bicyclic) bond motifs is 1. The number of carbonyl (C=O) groups is 1. The lowest BCUT2D eigenvalue weighted by atomic mass is 9.97. The van der Waals surface area contributed by atoms with Crippen LogP contribution in [-0.2, 0) is 4.79 Å². The van der Waals surface area contributed by atoms with E-state index in [9.17, 15) is 4.79 Å². The van der Waals surface area contributed by atoms with Crippen LogP contribution in [0.25, 0.3) is 10.8 Å². The van der Waals surface area contributed by atoms with Crippen molar-refractivity contribution in [2.24, 2.45) is 0 Å². The number of carbonyl (C=O) groups excluding carboxylic acids is 1. The minimum atomic E-state index is 0.186. The lowest BCUT2D eigenvalue weighted by molar-refractivity contribution is -0.129. The molecule has 3 rings (SSSR count). The molecule has 2 aromatic rings. The van der Waals surface area contributed by atoms with Gasteiger partial charge in [0.2, 0.25) is 5.91 Å². The molecule has 0 aliphatic carbocycles. The normalized spacial score (nSPS) is 19.4. The van der Waals surface area contributed by atoms with Crippen LogP contribution in [0.15, 0.2) is 42.5 Å². The zero-order chi connectivity index (χ0) is 12.5. The molecule has 1 atom stereocenters. The Morgan fingerprint density at radius 2 is 1.94 bits per heavy atom. The molecule has 2 heteroatoms. The van der Waals surface area contributed by atoms with E-state index in [1.807, 2.05) is 4.90 Å². The van der Waals surface area contributed by atoms with Gasteiger partial charge in [0.1, 0.15) is 0 Å². The molecule has 0 bridgehead atoms. The third kappa shape index (κ3) is 1.78. The summed E-state index contributed by atoms with van der Waals surface area (Å²) in [6, 6.07) is 15.1. The molecule has 18 heavy (non-hydrogen) atoms. The molecule has 2 nitrogen and oxygen atoms in total. The first-order valence-electron chi connectivity index (χ1n) is 6.52. The van der Waals surface area contributed by atoms with E-state index in [2.05, 4.69) is 42.5 Å². The summed E-state index contributed by atoms with van der Waals surface area (Å²) in [6.07, 6.45) is 2.18. The molecule has 0 saturated carbocycles. The maximum atomic E-state index is 11.7. The second-order valence-electron chi connectivity index (χ2n) is 4.94. The summed E-state index contributed by atoms with van der Waals surface area (Å²) in [7, 11) is 0. The van der Waals surface area contributed by atoms with E-state index in [0.717, 1.165) is 19.4 Å². The minimum absolute atomic E-state index is 0.186. The number of rotatable bonds is 1. The van der Waals surface area contributed by atoms with Crippen molar-refractivity contribution in [3.63, 3.8) is 0 Å². The number of hydrogen-bond donors (Lipinski definition) is 0.